The van der Waals surface area contributed by atoms with Gasteiger partial charge in [0.1, 0.15) is 5.01 Å². The Kier molecular flexibility index (Phi) is 7.04. The van der Waals surface area contributed by atoms with Crippen LogP contribution in [0.15, 0.2) is 41.7 Å². The monoisotopic (exact) mass is 455 g/mol. The lowest BCUT2D eigenvalue weighted by molar-refractivity contribution is 0.793. The van der Waals surface area contributed by atoms with Crippen LogP contribution in [-0.2, 0) is 13.0 Å². The second-order valence-corrected chi connectivity index (χ2v) is 6.65. The lowest BCUT2D eigenvalue weighted by atomic mass is 10.1. The summed E-state index contributed by atoms with van der Waals surface area (Å²) >= 11 is 1.70. The fourth-order valence-corrected chi connectivity index (χ4v) is 3.24. The lowest BCUT2D eigenvalue weighted by Crippen LogP contribution is -2.37. The summed E-state index contributed by atoms with van der Waals surface area (Å²) in [7, 11) is 1.79. The molecule has 0 bridgehead atoms. The minimum absolute atomic E-state index is 0. The number of nitrogens with zero attached hydrogens (tertiary/aromatic N) is 2. The van der Waals surface area contributed by atoms with Crippen LogP contribution in [0.3, 0.4) is 0 Å². The van der Waals surface area contributed by atoms with Crippen LogP contribution < -0.4 is 10.6 Å². The number of thiazole rings is 1. The van der Waals surface area contributed by atoms with Gasteiger partial charge in [-0.2, -0.15) is 0 Å². The Balaban J connectivity index is 0.00000208. The predicted molar refractivity (Wildman–Crippen MR) is 112 cm³/mol. The number of aromatic amines is 1. The van der Waals surface area contributed by atoms with Crippen molar-refractivity contribution in [2.45, 2.75) is 19.9 Å². The molecule has 0 aliphatic rings. The van der Waals surface area contributed by atoms with Gasteiger partial charge in [0.05, 0.1) is 6.54 Å². The van der Waals surface area contributed by atoms with Gasteiger partial charge in [-0.15, -0.1) is 35.3 Å². The zero-order valence-electron chi connectivity index (χ0n) is 13.8. The zero-order valence-corrected chi connectivity index (χ0v) is 16.9. The highest BCUT2D eigenvalue weighted by Crippen LogP contribution is 2.17. The molecule has 0 amide bonds. The number of fused-ring (bicyclic) bond motifs is 1. The van der Waals surface area contributed by atoms with Crippen LogP contribution in [-0.4, -0.2) is 29.5 Å². The third kappa shape index (κ3) is 4.70. The van der Waals surface area contributed by atoms with Gasteiger partial charge in [0.2, 0.25) is 0 Å². The second-order valence-electron chi connectivity index (χ2n) is 5.33. The van der Waals surface area contributed by atoms with Gasteiger partial charge in [-0.25, -0.2) is 4.98 Å². The molecule has 0 fully saturated rings. The van der Waals surface area contributed by atoms with E-state index in [1.165, 1.54) is 21.3 Å². The van der Waals surface area contributed by atoms with Crippen molar-refractivity contribution in [1.29, 1.82) is 0 Å². The third-order valence-corrected chi connectivity index (χ3v) is 4.57. The van der Waals surface area contributed by atoms with Gasteiger partial charge < -0.3 is 15.6 Å². The van der Waals surface area contributed by atoms with Crippen LogP contribution in [0.25, 0.3) is 10.9 Å². The van der Waals surface area contributed by atoms with Crippen molar-refractivity contribution in [3.05, 3.63) is 52.1 Å². The average Bonchev–Trinajstić information content (AvgIpc) is 3.17. The minimum Gasteiger partial charge on any atom is -0.361 e. The molecule has 0 saturated carbocycles. The van der Waals surface area contributed by atoms with E-state index in [2.05, 4.69) is 56.9 Å². The molecule has 24 heavy (non-hydrogen) atoms. The molecule has 1 aromatic carbocycles. The third-order valence-electron chi connectivity index (χ3n) is 3.66. The number of nitrogens with one attached hydrogen (secondary N) is 3. The average molecular weight is 455 g/mol. The second kappa shape index (κ2) is 9.03. The number of H-pyrrole nitrogens is 1. The lowest BCUT2D eigenvalue weighted by Gasteiger charge is -2.10. The van der Waals surface area contributed by atoms with Crippen molar-refractivity contribution in [3.8, 4) is 0 Å². The molecule has 0 radical (unpaired) electrons. The van der Waals surface area contributed by atoms with E-state index in [9.17, 15) is 0 Å². The first-order valence-electron chi connectivity index (χ1n) is 7.67. The molecule has 0 aliphatic heterocycles. The van der Waals surface area contributed by atoms with Gasteiger partial charge in [0.15, 0.2) is 5.96 Å². The number of aliphatic imine (C=N–C) groups is 1. The Hall–Kier alpha value is -1.61. The van der Waals surface area contributed by atoms with Crippen molar-refractivity contribution in [3.63, 3.8) is 0 Å². The number of hydrogen-bond acceptors (Lipinski definition) is 3. The molecule has 3 N–H and O–H groups in total. The van der Waals surface area contributed by atoms with E-state index in [0.717, 1.165) is 23.9 Å². The number of rotatable bonds is 5. The molecule has 0 unspecified atom stereocenters. The fourth-order valence-electron chi connectivity index (χ4n) is 2.52. The van der Waals surface area contributed by atoms with Crippen molar-refractivity contribution >= 4 is 52.2 Å². The molecule has 5 nitrogen and oxygen atoms in total. The van der Waals surface area contributed by atoms with Gasteiger partial charge in [0, 0.05) is 41.8 Å². The molecular weight excluding hydrogens is 433 g/mol. The summed E-state index contributed by atoms with van der Waals surface area (Å²) in [6.45, 7) is 3.60. The molecule has 0 saturated heterocycles. The minimum atomic E-state index is 0. The van der Waals surface area contributed by atoms with Gasteiger partial charge >= 0.3 is 0 Å². The number of aryl methyl sites for hydroxylation is 1. The summed E-state index contributed by atoms with van der Waals surface area (Å²) < 4.78 is 0. The van der Waals surface area contributed by atoms with Gasteiger partial charge in [-0.3, -0.25) is 4.99 Å². The summed E-state index contributed by atoms with van der Waals surface area (Å²) in [5.74, 6) is 0.803. The highest BCUT2D eigenvalue weighted by Gasteiger charge is 2.04. The first-order valence-corrected chi connectivity index (χ1v) is 8.48. The predicted octanol–water partition coefficient (Wildman–Crippen LogP) is 3.46. The van der Waals surface area contributed by atoms with Crippen LogP contribution >= 0.6 is 35.3 Å². The van der Waals surface area contributed by atoms with Crippen molar-refractivity contribution < 1.29 is 0 Å². The van der Waals surface area contributed by atoms with Gasteiger partial charge in [-0.05, 0) is 25.0 Å². The number of hydrogen-bond donors (Lipinski definition) is 3. The van der Waals surface area contributed by atoms with Gasteiger partial charge in [0.25, 0.3) is 0 Å². The van der Waals surface area contributed by atoms with E-state index in [1.807, 2.05) is 12.3 Å². The van der Waals surface area contributed by atoms with Crippen LogP contribution in [0.4, 0.5) is 0 Å². The molecule has 2 aromatic heterocycles. The normalized spacial score (nSPS) is 11.3. The standard InChI is InChI=1S/C17H21N5S.HI/c1-12-9-21-16(23-12)11-22-17(18-2)19-8-7-13-10-20-15-6-4-3-5-14(13)15;/h3-6,9-10,20H,7-8,11H2,1-2H3,(H2,18,19,22);1H. The van der Waals surface area contributed by atoms with E-state index in [-0.39, 0.29) is 24.0 Å². The summed E-state index contributed by atoms with van der Waals surface area (Å²) in [5, 5.41) is 9.01. The van der Waals surface area contributed by atoms with E-state index in [4.69, 9.17) is 0 Å². The molecule has 128 valence electrons. The highest BCUT2D eigenvalue weighted by molar-refractivity contribution is 14.0. The molecule has 3 aromatic rings. The fraction of sp³-hybridized carbons (Fsp3) is 0.294. The first-order chi connectivity index (χ1) is 11.3. The molecule has 7 heteroatoms. The number of guanidine groups is 1. The maximum atomic E-state index is 4.35. The number of halogens is 1. The summed E-state index contributed by atoms with van der Waals surface area (Å²) in [6, 6.07) is 8.37. The Morgan fingerprint density at radius 2 is 2.12 bits per heavy atom. The quantitative estimate of drug-likeness (QED) is 0.314. The molecule has 0 spiro atoms. The molecule has 3 rings (SSSR count). The Bertz CT molecular complexity index is 808. The Labute approximate surface area is 163 Å². The first kappa shape index (κ1) is 18.7. The SMILES string of the molecule is CN=C(NCCc1c[nH]c2ccccc12)NCc1ncc(C)s1.I. The summed E-state index contributed by atoms with van der Waals surface area (Å²) in [6.07, 6.45) is 4.93. The van der Waals surface area contributed by atoms with E-state index in [1.54, 1.807) is 18.4 Å². The number of para-hydroxylation sites is 1. The smallest absolute Gasteiger partial charge is 0.191 e. The van der Waals surface area contributed by atoms with Crippen LogP contribution in [0, 0.1) is 6.92 Å². The van der Waals surface area contributed by atoms with Crippen molar-refractivity contribution in [2.75, 3.05) is 13.6 Å². The van der Waals surface area contributed by atoms with Crippen molar-refractivity contribution in [1.82, 2.24) is 20.6 Å². The van der Waals surface area contributed by atoms with Crippen LogP contribution in [0.1, 0.15) is 15.4 Å². The van der Waals surface area contributed by atoms with E-state index >= 15 is 0 Å². The number of aromatic nitrogens is 2. The van der Waals surface area contributed by atoms with Crippen LogP contribution in [0.2, 0.25) is 0 Å². The Morgan fingerprint density at radius 3 is 2.88 bits per heavy atom. The zero-order chi connectivity index (χ0) is 16.1. The molecular formula is C17H22IN5S. The topological polar surface area (TPSA) is 65.1 Å². The van der Waals surface area contributed by atoms with Crippen LogP contribution in [0.5, 0.6) is 0 Å². The summed E-state index contributed by atoms with van der Waals surface area (Å²) in [4.78, 5) is 13.1. The summed E-state index contributed by atoms with van der Waals surface area (Å²) in [5.41, 5.74) is 2.50. The van der Waals surface area contributed by atoms with E-state index in [0.29, 0.717) is 6.54 Å². The molecule has 2 heterocycles. The Morgan fingerprint density at radius 1 is 1.29 bits per heavy atom. The number of benzene rings is 1. The maximum Gasteiger partial charge on any atom is 0.191 e. The maximum absolute atomic E-state index is 4.35. The molecule has 0 atom stereocenters. The largest absolute Gasteiger partial charge is 0.361 e. The van der Waals surface area contributed by atoms with E-state index < -0.39 is 0 Å². The highest BCUT2D eigenvalue weighted by atomic mass is 127. The molecule has 0 aliphatic carbocycles. The van der Waals surface area contributed by atoms with Gasteiger partial charge in [-0.1, -0.05) is 18.2 Å². The van der Waals surface area contributed by atoms with Crippen molar-refractivity contribution in [2.24, 2.45) is 4.99 Å².